The lowest BCUT2D eigenvalue weighted by Crippen LogP contribution is -2.01. The van der Waals surface area contributed by atoms with Gasteiger partial charge in [0, 0.05) is 5.39 Å². The van der Waals surface area contributed by atoms with Crippen LogP contribution in [-0.2, 0) is 30.4 Å². The van der Waals surface area contributed by atoms with Gasteiger partial charge in [0.25, 0.3) is 30.4 Å². The fraction of sp³-hybridized carbons (Fsp3) is 0. The SMILES string of the molecule is O=S(=O)(O)c1ccc2c(O)c(N=Nc3ccccc3S(=O)(=O)O)c(S(=O)(=O)O)cc2c1. The number of aromatic hydroxyl groups is 1. The van der Waals surface area contributed by atoms with E-state index >= 15 is 0 Å². The molecule has 0 aliphatic heterocycles. The molecular formula is C16H12N2O10S3. The van der Waals surface area contributed by atoms with Crippen LogP contribution in [0.2, 0.25) is 0 Å². The van der Waals surface area contributed by atoms with Crippen LogP contribution in [-0.4, -0.2) is 44.0 Å². The van der Waals surface area contributed by atoms with E-state index < -0.39 is 62.2 Å². The first-order chi connectivity index (χ1) is 14.2. The number of benzene rings is 3. The summed E-state index contributed by atoms with van der Waals surface area (Å²) in [5.41, 5.74) is -1.17. The zero-order chi connectivity index (χ0) is 23.2. The first-order valence-corrected chi connectivity index (χ1v) is 12.2. The van der Waals surface area contributed by atoms with Gasteiger partial charge < -0.3 is 5.11 Å². The van der Waals surface area contributed by atoms with Gasteiger partial charge in [0.2, 0.25) is 0 Å². The van der Waals surface area contributed by atoms with E-state index in [1.807, 2.05) is 0 Å². The Bertz CT molecular complexity index is 1560. The molecule has 0 spiro atoms. The first-order valence-electron chi connectivity index (χ1n) is 7.92. The summed E-state index contributed by atoms with van der Waals surface area (Å²) in [5, 5.41) is 17.3. The fourth-order valence-electron chi connectivity index (χ4n) is 2.65. The van der Waals surface area contributed by atoms with Crippen molar-refractivity contribution in [3.63, 3.8) is 0 Å². The van der Waals surface area contributed by atoms with Crippen LogP contribution in [0.5, 0.6) is 5.75 Å². The molecule has 3 aromatic rings. The number of azo groups is 1. The van der Waals surface area contributed by atoms with Gasteiger partial charge >= 0.3 is 0 Å². The van der Waals surface area contributed by atoms with Crippen molar-refractivity contribution in [3.05, 3.63) is 48.5 Å². The third-order valence-electron chi connectivity index (χ3n) is 4.00. The molecule has 0 atom stereocenters. The van der Waals surface area contributed by atoms with Crippen molar-refractivity contribution in [1.82, 2.24) is 0 Å². The molecule has 0 aliphatic rings. The Kier molecular flexibility index (Phi) is 5.59. The summed E-state index contributed by atoms with van der Waals surface area (Å²) >= 11 is 0. The summed E-state index contributed by atoms with van der Waals surface area (Å²) in [6.45, 7) is 0. The van der Waals surface area contributed by atoms with Gasteiger partial charge in [-0.3, -0.25) is 13.7 Å². The minimum absolute atomic E-state index is 0.114. The smallest absolute Gasteiger partial charge is 0.296 e. The fourth-order valence-corrected chi connectivity index (χ4v) is 4.44. The van der Waals surface area contributed by atoms with Crippen LogP contribution in [0.4, 0.5) is 11.4 Å². The van der Waals surface area contributed by atoms with E-state index in [9.17, 15) is 39.5 Å². The number of hydrogen-bond donors (Lipinski definition) is 4. The summed E-state index contributed by atoms with van der Waals surface area (Å²) in [7, 11) is -14.4. The number of phenolic OH excluding ortho intramolecular Hbond substituents is 1. The van der Waals surface area contributed by atoms with Gasteiger partial charge in [0.15, 0.2) is 5.75 Å². The largest absolute Gasteiger partial charge is 0.505 e. The number of phenols is 1. The highest BCUT2D eigenvalue weighted by atomic mass is 32.2. The maximum absolute atomic E-state index is 11.8. The molecule has 0 saturated carbocycles. The molecule has 0 radical (unpaired) electrons. The number of nitrogens with zero attached hydrogens (tertiary/aromatic N) is 2. The average Bonchev–Trinajstić information content (AvgIpc) is 2.64. The third-order valence-corrected chi connectivity index (χ3v) is 6.62. The third kappa shape index (κ3) is 4.71. The van der Waals surface area contributed by atoms with Crippen LogP contribution in [0.3, 0.4) is 0 Å². The van der Waals surface area contributed by atoms with E-state index in [-0.39, 0.29) is 10.8 Å². The van der Waals surface area contributed by atoms with Gasteiger partial charge in [-0.05, 0) is 41.8 Å². The van der Waals surface area contributed by atoms with E-state index in [2.05, 4.69) is 10.2 Å². The topological polar surface area (TPSA) is 208 Å². The standard InChI is InChI=1S/C16H12N2O10S3/c19-16-11-6-5-10(29(20,21)22)7-9(11)8-14(31(26,27)28)15(16)18-17-12-3-1-2-4-13(12)30(23,24)25/h1-8,19H,(H,20,21,22)(H,23,24,25)(H,26,27,28). The number of hydrogen-bond acceptors (Lipinski definition) is 9. The second-order valence-corrected chi connectivity index (χ2v) is 10.2. The van der Waals surface area contributed by atoms with Gasteiger partial charge in [-0.25, -0.2) is 0 Å². The Balaban J connectivity index is 2.31. The zero-order valence-electron chi connectivity index (χ0n) is 15.0. The lowest BCUT2D eigenvalue weighted by atomic mass is 10.1. The Labute approximate surface area is 175 Å². The summed E-state index contributed by atoms with van der Waals surface area (Å²) in [4.78, 5) is -2.22. The Morgan fingerprint density at radius 2 is 1.29 bits per heavy atom. The van der Waals surface area contributed by atoms with Gasteiger partial charge in [-0.2, -0.15) is 25.3 Å². The predicted octanol–water partition coefficient (Wildman–Crippen LogP) is 2.70. The molecule has 0 bridgehead atoms. The van der Waals surface area contributed by atoms with Crippen molar-refractivity contribution in [2.45, 2.75) is 14.7 Å². The van der Waals surface area contributed by atoms with E-state index in [0.29, 0.717) is 0 Å². The van der Waals surface area contributed by atoms with Gasteiger partial charge in [0.05, 0.1) is 4.90 Å². The quantitative estimate of drug-likeness (QED) is 0.305. The molecule has 15 heteroatoms. The van der Waals surface area contributed by atoms with Crippen LogP contribution in [0.15, 0.2) is 73.4 Å². The van der Waals surface area contributed by atoms with Crippen molar-refractivity contribution < 1.29 is 44.0 Å². The second-order valence-electron chi connectivity index (χ2n) is 6.05. The normalized spacial score (nSPS) is 13.1. The van der Waals surface area contributed by atoms with Crippen molar-refractivity contribution in [2.75, 3.05) is 0 Å². The van der Waals surface area contributed by atoms with Gasteiger partial charge in [-0.1, -0.05) is 12.1 Å². The molecule has 0 aromatic heterocycles. The monoisotopic (exact) mass is 488 g/mol. The van der Waals surface area contributed by atoms with E-state index in [1.165, 1.54) is 12.1 Å². The number of rotatable bonds is 5. The first kappa shape index (κ1) is 22.7. The van der Waals surface area contributed by atoms with Crippen LogP contribution in [0.1, 0.15) is 0 Å². The lowest BCUT2D eigenvalue weighted by Gasteiger charge is -2.10. The van der Waals surface area contributed by atoms with E-state index in [4.69, 9.17) is 4.55 Å². The molecule has 0 saturated heterocycles. The average molecular weight is 488 g/mol. The van der Waals surface area contributed by atoms with Gasteiger partial charge in [-0.15, -0.1) is 10.2 Å². The molecular weight excluding hydrogens is 476 g/mol. The molecule has 12 nitrogen and oxygen atoms in total. The minimum Gasteiger partial charge on any atom is -0.505 e. The molecule has 3 aromatic carbocycles. The summed E-state index contributed by atoms with van der Waals surface area (Å²) in [6, 6.07) is 8.39. The molecule has 31 heavy (non-hydrogen) atoms. The highest BCUT2D eigenvalue weighted by molar-refractivity contribution is 7.86. The lowest BCUT2D eigenvalue weighted by molar-refractivity contribution is 0.471. The highest BCUT2D eigenvalue weighted by Crippen LogP contribution is 2.42. The molecule has 0 aliphatic carbocycles. The molecule has 0 unspecified atom stereocenters. The second kappa shape index (κ2) is 7.63. The Morgan fingerprint density at radius 3 is 1.87 bits per heavy atom. The van der Waals surface area contributed by atoms with E-state index in [1.54, 1.807) is 0 Å². The van der Waals surface area contributed by atoms with Crippen molar-refractivity contribution in [2.24, 2.45) is 10.2 Å². The van der Waals surface area contributed by atoms with Gasteiger partial charge in [0.1, 0.15) is 21.2 Å². The summed E-state index contributed by atoms with van der Waals surface area (Å²) in [6.07, 6.45) is 0. The molecule has 0 amide bonds. The van der Waals surface area contributed by atoms with Crippen LogP contribution < -0.4 is 0 Å². The molecule has 0 fully saturated rings. The maximum Gasteiger partial charge on any atom is 0.296 e. The van der Waals surface area contributed by atoms with Crippen molar-refractivity contribution >= 4 is 52.5 Å². The zero-order valence-corrected chi connectivity index (χ0v) is 17.4. The molecule has 0 heterocycles. The van der Waals surface area contributed by atoms with E-state index in [0.717, 1.165) is 36.4 Å². The molecule has 4 N–H and O–H groups in total. The van der Waals surface area contributed by atoms with Crippen molar-refractivity contribution in [1.29, 1.82) is 0 Å². The van der Waals surface area contributed by atoms with Crippen LogP contribution in [0.25, 0.3) is 10.8 Å². The number of fused-ring (bicyclic) bond motifs is 1. The Morgan fingerprint density at radius 1 is 0.677 bits per heavy atom. The summed E-state index contributed by atoms with van der Waals surface area (Å²) < 4.78 is 97.0. The Hall–Kier alpha value is -2.95. The summed E-state index contributed by atoms with van der Waals surface area (Å²) in [5.74, 6) is -0.833. The predicted molar refractivity (Wildman–Crippen MR) is 106 cm³/mol. The molecule has 164 valence electrons. The molecule has 3 rings (SSSR count). The van der Waals surface area contributed by atoms with Crippen molar-refractivity contribution in [3.8, 4) is 5.75 Å². The maximum atomic E-state index is 11.8. The van der Waals surface area contributed by atoms with Crippen LogP contribution >= 0.6 is 0 Å². The highest BCUT2D eigenvalue weighted by Gasteiger charge is 2.23. The minimum atomic E-state index is -5.03. The van der Waals surface area contributed by atoms with Crippen LogP contribution in [0, 0.1) is 0 Å².